The first kappa shape index (κ1) is 14.4. The van der Waals surface area contributed by atoms with Gasteiger partial charge in [0.05, 0.1) is 0 Å². The number of rotatable bonds is 5. The van der Waals surface area contributed by atoms with Crippen LogP contribution in [-0.2, 0) is 0 Å². The summed E-state index contributed by atoms with van der Waals surface area (Å²) >= 11 is 3.43. The summed E-state index contributed by atoms with van der Waals surface area (Å²) in [4.78, 5) is 12.2. The predicted octanol–water partition coefficient (Wildman–Crippen LogP) is 4.06. The van der Waals surface area contributed by atoms with E-state index in [0.717, 1.165) is 23.1 Å². The minimum atomic E-state index is 0.0120. The third kappa shape index (κ3) is 3.72. The van der Waals surface area contributed by atoms with Crippen molar-refractivity contribution in [3.8, 4) is 0 Å². The van der Waals surface area contributed by atoms with Gasteiger partial charge in [0.1, 0.15) is 5.69 Å². The van der Waals surface area contributed by atoms with E-state index in [1.165, 1.54) is 24.8 Å². The largest absolute Gasteiger partial charge is 0.350 e. The van der Waals surface area contributed by atoms with E-state index in [9.17, 15) is 4.79 Å². The van der Waals surface area contributed by atoms with Crippen LogP contribution in [0.1, 0.15) is 56.1 Å². The molecule has 0 spiro atoms. The lowest BCUT2D eigenvalue weighted by atomic mass is 10.2. The summed E-state index contributed by atoms with van der Waals surface area (Å²) < 4.78 is 2.94. The topological polar surface area (TPSA) is 34.0 Å². The van der Waals surface area contributed by atoms with Crippen LogP contribution in [0.15, 0.2) is 28.4 Å². The Morgan fingerprint density at radius 3 is 2.95 bits per heavy atom. The molecule has 0 saturated heterocycles. The molecule has 1 N–H and O–H groups in total. The zero-order valence-electron chi connectivity index (χ0n) is 11.6. The Bertz CT molecular complexity index is 488. The van der Waals surface area contributed by atoms with Gasteiger partial charge in [0, 0.05) is 23.3 Å². The average molecular weight is 325 g/mol. The number of aromatic nitrogens is 1. The van der Waals surface area contributed by atoms with E-state index in [-0.39, 0.29) is 11.9 Å². The molecule has 1 amide bonds. The molecule has 0 unspecified atom stereocenters. The van der Waals surface area contributed by atoms with Gasteiger partial charge in [0.15, 0.2) is 0 Å². The molecule has 0 saturated carbocycles. The number of carbonyl (C=O) groups is 1. The van der Waals surface area contributed by atoms with Crippen molar-refractivity contribution in [3.05, 3.63) is 34.1 Å². The summed E-state index contributed by atoms with van der Waals surface area (Å²) in [5.41, 5.74) is 2.21. The van der Waals surface area contributed by atoms with Gasteiger partial charge < -0.3 is 9.88 Å². The number of hydrogen-bond donors (Lipinski definition) is 1. The first-order valence-corrected chi connectivity index (χ1v) is 7.70. The van der Waals surface area contributed by atoms with Crippen LogP contribution in [0.3, 0.4) is 0 Å². The Hall–Kier alpha value is -1.03. The fraction of sp³-hybridized carbons (Fsp3) is 0.533. The number of nitrogens with one attached hydrogen (secondary N) is 1. The minimum Gasteiger partial charge on any atom is -0.350 e. The Balaban J connectivity index is 1.92. The SMILES string of the molecule is CC(C)n1cc(Br)cc1C(=O)NCCC1=CCCC1. The lowest BCUT2D eigenvalue weighted by Gasteiger charge is -2.12. The number of carbonyl (C=O) groups excluding carboxylic acids is 1. The Kier molecular flexibility index (Phi) is 4.86. The lowest BCUT2D eigenvalue weighted by Crippen LogP contribution is -2.27. The summed E-state index contributed by atoms with van der Waals surface area (Å²) in [6.07, 6.45) is 8.91. The molecule has 0 atom stereocenters. The normalized spacial score (nSPS) is 14.8. The maximum absolute atomic E-state index is 12.2. The summed E-state index contributed by atoms with van der Waals surface area (Å²) in [5, 5.41) is 3.01. The lowest BCUT2D eigenvalue weighted by molar-refractivity contribution is 0.0943. The Labute approximate surface area is 123 Å². The standard InChI is InChI=1S/C15H21BrN2O/c1-11(2)18-10-13(16)9-14(18)15(19)17-8-7-12-5-3-4-6-12/h5,9-11H,3-4,6-8H2,1-2H3,(H,17,19). The third-order valence-corrected chi connectivity index (χ3v) is 3.90. The molecule has 104 valence electrons. The maximum atomic E-state index is 12.2. The fourth-order valence-electron chi connectivity index (χ4n) is 2.45. The van der Waals surface area contributed by atoms with Crippen molar-refractivity contribution >= 4 is 21.8 Å². The second kappa shape index (κ2) is 6.42. The van der Waals surface area contributed by atoms with Crippen molar-refractivity contribution in [1.82, 2.24) is 9.88 Å². The van der Waals surface area contributed by atoms with Crippen LogP contribution in [0.5, 0.6) is 0 Å². The molecule has 0 bridgehead atoms. The van der Waals surface area contributed by atoms with Crippen LogP contribution in [0.25, 0.3) is 0 Å². The molecule has 1 aliphatic rings. The van der Waals surface area contributed by atoms with Gasteiger partial charge in [-0.05, 0) is 61.5 Å². The smallest absolute Gasteiger partial charge is 0.267 e. The highest BCUT2D eigenvalue weighted by molar-refractivity contribution is 9.10. The quantitative estimate of drug-likeness (QED) is 0.814. The molecule has 3 nitrogen and oxygen atoms in total. The second-order valence-electron chi connectivity index (χ2n) is 5.31. The van der Waals surface area contributed by atoms with Crippen LogP contribution in [0.4, 0.5) is 0 Å². The predicted molar refractivity (Wildman–Crippen MR) is 81.4 cm³/mol. The van der Waals surface area contributed by atoms with E-state index in [4.69, 9.17) is 0 Å². The molecular weight excluding hydrogens is 304 g/mol. The van der Waals surface area contributed by atoms with Crippen LogP contribution in [0, 0.1) is 0 Å². The van der Waals surface area contributed by atoms with Crippen LogP contribution < -0.4 is 5.32 Å². The van der Waals surface area contributed by atoms with Gasteiger partial charge in [-0.1, -0.05) is 11.6 Å². The first-order valence-electron chi connectivity index (χ1n) is 6.91. The highest BCUT2D eigenvalue weighted by Crippen LogP contribution is 2.21. The molecular formula is C15H21BrN2O. The zero-order valence-corrected chi connectivity index (χ0v) is 13.2. The minimum absolute atomic E-state index is 0.0120. The zero-order chi connectivity index (χ0) is 13.8. The van der Waals surface area contributed by atoms with Gasteiger partial charge in [0.2, 0.25) is 0 Å². The molecule has 1 aromatic rings. The second-order valence-corrected chi connectivity index (χ2v) is 6.22. The van der Waals surface area contributed by atoms with Gasteiger partial charge in [-0.25, -0.2) is 0 Å². The highest BCUT2D eigenvalue weighted by Gasteiger charge is 2.14. The first-order chi connectivity index (χ1) is 9.08. The summed E-state index contributed by atoms with van der Waals surface area (Å²) in [6.45, 7) is 4.88. The third-order valence-electron chi connectivity index (χ3n) is 3.47. The van der Waals surface area contributed by atoms with E-state index in [1.54, 1.807) is 0 Å². The molecule has 19 heavy (non-hydrogen) atoms. The molecule has 1 aromatic heterocycles. The number of allylic oxidation sites excluding steroid dienone is 1. The monoisotopic (exact) mass is 324 g/mol. The van der Waals surface area contributed by atoms with E-state index in [0.29, 0.717) is 0 Å². The Morgan fingerprint density at radius 2 is 2.32 bits per heavy atom. The van der Waals surface area contributed by atoms with Gasteiger partial charge in [0.25, 0.3) is 5.91 Å². The number of nitrogens with zero attached hydrogens (tertiary/aromatic N) is 1. The van der Waals surface area contributed by atoms with Crippen LogP contribution >= 0.6 is 15.9 Å². The Morgan fingerprint density at radius 1 is 1.53 bits per heavy atom. The van der Waals surface area contributed by atoms with Gasteiger partial charge in [-0.2, -0.15) is 0 Å². The van der Waals surface area contributed by atoms with Gasteiger partial charge in [-0.15, -0.1) is 0 Å². The van der Waals surface area contributed by atoms with Gasteiger partial charge in [-0.3, -0.25) is 4.79 Å². The average Bonchev–Trinajstić information content (AvgIpc) is 2.98. The number of amides is 1. The van der Waals surface area contributed by atoms with Crippen molar-refractivity contribution in [3.63, 3.8) is 0 Å². The van der Waals surface area contributed by atoms with E-state index in [1.807, 2.05) is 16.8 Å². The van der Waals surface area contributed by atoms with Gasteiger partial charge >= 0.3 is 0 Å². The number of halogens is 1. The molecule has 0 fully saturated rings. The van der Waals surface area contributed by atoms with Crippen molar-refractivity contribution in [1.29, 1.82) is 0 Å². The van der Waals surface area contributed by atoms with Crippen molar-refractivity contribution in [2.45, 2.75) is 45.6 Å². The molecule has 0 aliphatic heterocycles. The maximum Gasteiger partial charge on any atom is 0.267 e. The van der Waals surface area contributed by atoms with Crippen molar-refractivity contribution in [2.24, 2.45) is 0 Å². The van der Waals surface area contributed by atoms with Crippen LogP contribution in [0.2, 0.25) is 0 Å². The van der Waals surface area contributed by atoms with Crippen LogP contribution in [-0.4, -0.2) is 17.0 Å². The van der Waals surface area contributed by atoms with E-state index < -0.39 is 0 Å². The van der Waals surface area contributed by atoms with Crippen molar-refractivity contribution in [2.75, 3.05) is 6.54 Å². The fourth-order valence-corrected chi connectivity index (χ4v) is 2.88. The molecule has 4 heteroatoms. The molecule has 2 rings (SSSR count). The van der Waals surface area contributed by atoms with E-state index in [2.05, 4.69) is 41.2 Å². The molecule has 0 aromatic carbocycles. The van der Waals surface area contributed by atoms with E-state index >= 15 is 0 Å². The summed E-state index contributed by atoms with van der Waals surface area (Å²) in [6, 6.07) is 2.16. The highest BCUT2D eigenvalue weighted by atomic mass is 79.9. The molecule has 1 heterocycles. The van der Waals surface area contributed by atoms with Crippen molar-refractivity contribution < 1.29 is 4.79 Å². The molecule has 0 radical (unpaired) electrons. The number of hydrogen-bond acceptors (Lipinski definition) is 1. The summed E-state index contributed by atoms with van der Waals surface area (Å²) in [7, 11) is 0. The molecule has 1 aliphatic carbocycles. The summed E-state index contributed by atoms with van der Waals surface area (Å²) in [5.74, 6) is 0.0120.